The maximum atomic E-state index is 12.7. The number of sulfonamides is 1. The van der Waals surface area contributed by atoms with Crippen molar-refractivity contribution < 1.29 is 13.2 Å². The molecule has 140 valence electrons. The Bertz CT molecular complexity index is 821. The molecule has 7 heteroatoms. The zero-order chi connectivity index (χ0) is 19.2. The number of amides is 1. The summed E-state index contributed by atoms with van der Waals surface area (Å²) < 4.78 is 26.7. The highest BCUT2D eigenvalue weighted by Crippen LogP contribution is 2.21. The first-order valence-electron chi connectivity index (χ1n) is 8.52. The summed E-state index contributed by atoms with van der Waals surface area (Å²) in [5, 5.41) is 6.04. The van der Waals surface area contributed by atoms with E-state index < -0.39 is 10.0 Å². The van der Waals surface area contributed by atoms with Crippen LogP contribution in [-0.2, 0) is 10.0 Å². The minimum absolute atomic E-state index is 0.140. The van der Waals surface area contributed by atoms with E-state index >= 15 is 0 Å². The van der Waals surface area contributed by atoms with Gasteiger partial charge in [0.1, 0.15) is 0 Å². The monoisotopic (exact) mass is 375 g/mol. The Morgan fingerprint density at radius 1 is 1.08 bits per heavy atom. The van der Waals surface area contributed by atoms with Crippen molar-refractivity contribution in [3.63, 3.8) is 0 Å². The number of hydrogen-bond acceptors (Lipinski definition) is 4. The number of carbonyl (C=O) groups is 1. The molecule has 0 aliphatic rings. The Hall–Kier alpha value is -2.38. The van der Waals surface area contributed by atoms with Crippen LogP contribution in [0.1, 0.15) is 24.2 Å². The van der Waals surface area contributed by atoms with Gasteiger partial charge in [-0.05, 0) is 49.9 Å². The highest BCUT2D eigenvalue weighted by molar-refractivity contribution is 7.92. The summed E-state index contributed by atoms with van der Waals surface area (Å²) in [6.45, 7) is 5.32. The highest BCUT2D eigenvalue weighted by Gasteiger charge is 2.21. The third kappa shape index (κ3) is 4.83. The minimum atomic E-state index is -3.68. The minimum Gasteiger partial charge on any atom is -0.350 e. The second-order valence-corrected chi connectivity index (χ2v) is 7.97. The SMILES string of the molecule is CCN[C@H](C)CNC(=O)c1ccc(S(=O)(=O)N(C)c2ccccc2)cc1. The third-order valence-corrected chi connectivity index (χ3v) is 5.82. The van der Waals surface area contributed by atoms with Crippen LogP contribution in [0.3, 0.4) is 0 Å². The van der Waals surface area contributed by atoms with E-state index in [2.05, 4.69) is 10.6 Å². The predicted octanol–water partition coefficient (Wildman–Crippen LogP) is 2.24. The highest BCUT2D eigenvalue weighted by atomic mass is 32.2. The molecule has 0 aliphatic heterocycles. The summed E-state index contributed by atoms with van der Waals surface area (Å²) in [5.74, 6) is -0.227. The first-order chi connectivity index (χ1) is 12.4. The fourth-order valence-corrected chi connectivity index (χ4v) is 3.68. The van der Waals surface area contributed by atoms with Gasteiger partial charge in [0, 0.05) is 25.2 Å². The molecule has 1 amide bonds. The molecule has 26 heavy (non-hydrogen) atoms. The van der Waals surface area contributed by atoms with Crippen molar-refractivity contribution in [3.8, 4) is 0 Å². The van der Waals surface area contributed by atoms with Gasteiger partial charge in [-0.15, -0.1) is 0 Å². The molecule has 1 atom stereocenters. The lowest BCUT2D eigenvalue weighted by atomic mass is 10.2. The molecule has 0 spiro atoms. The van der Waals surface area contributed by atoms with Crippen molar-refractivity contribution in [1.82, 2.24) is 10.6 Å². The molecular formula is C19H25N3O3S. The smallest absolute Gasteiger partial charge is 0.264 e. The van der Waals surface area contributed by atoms with E-state index in [0.717, 1.165) is 6.54 Å². The summed E-state index contributed by atoms with van der Waals surface area (Å²) >= 11 is 0. The van der Waals surface area contributed by atoms with E-state index in [9.17, 15) is 13.2 Å². The second-order valence-electron chi connectivity index (χ2n) is 6.00. The number of carbonyl (C=O) groups excluding carboxylic acids is 1. The summed E-state index contributed by atoms with van der Waals surface area (Å²) in [5.41, 5.74) is 1.00. The molecule has 0 bridgehead atoms. The molecular weight excluding hydrogens is 350 g/mol. The topological polar surface area (TPSA) is 78.5 Å². The fraction of sp³-hybridized carbons (Fsp3) is 0.316. The average Bonchev–Trinajstić information content (AvgIpc) is 2.66. The van der Waals surface area contributed by atoms with E-state index in [-0.39, 0.29) is 16.8 Å². The lowest BCUT2D eigenvalue weighted by Gasteiger charge is -2.19. The normalized spacial score (nSPS) is 12.4. The van der Waals surface area contributed by atoms with Gasteiger partial charge in [0.05, 0.1) is 10.6 Å². The molecule has 0 saturated heterocycles. The van der Waals surface area contributed by atoms with Gasteiger partial charge in [0.25, 0.3) is 15.9 Å². The van der Waals surface area contributed by atoms with Crippen molar-refractivity contribution in [2.75, 3.05) is 24.4 Å². The molecule has 6 nitrogen and oxygen atoms in total. The maximum absolute atomic E-state index is 12.7. The zero-order valence-electron chi connectivity index (χ0n) is 15.3. The van der Waals surface area contributed by atoms with Crippen LogP contribution in [0.15, 0.2) is 59.5 Å². The number of benzene rings is 2. The number of anilines is 1. The van der Waals surface area contributed by atoms with Gasteiger partial charge in [-0.1, -0.05) is 25.1 Å². The molecule has 0 radical (unpaired) electrons. The molecule has 2 N–H and O–H groups in total. The molecule has 2 aromatic rings. The summed E-state index contributed by atoms with van der Waals surface area (Å²) in [6.07, 6.45) is 0. The van der Waals surface area contributed by atoms with E-state index in [0.29, 0.717) is 17.8 Å². The van der Waals surface area contributed by atoms with Crippen molar-refractivity contribution in [3.05, 3.63) is 60.2 Å². The van der Waals surface area contributed by atoms with E-state index in [4.69, 9.17) is 0 Å². The van der Waals surface area contributed by atoms with Crippen LogP contribution in [0.5, 0.6) is 0 Å². The van der Waals surface area contributed by atoms with Crippen molar-refractivity contribution >= 4 is 21.6 Å². The predicted molar refractivity (Wildman–Crippen MR) is 104 cm³/mol. The average molecular weight is 375 g/mol. The Kier molecular flexibility index (Phi) is 6.76. The lowest BCUT2D eigenvalue weighted by molar-refractivity contribution is 0.0950. The van der Waals surface area contributed by atoms with Crippen molar-refractivity contribution in [2.24, 2.45) is 0 Å². The summed E-state index contributed by atoms with van der Waals surface area (Å²) in [6, 6.07) is 15.0. The molecule has 0 aromatic heterocycles. The van der Waals surface area contributed by atoms with Crippen LogP contribution in [0.4, 0.5) is 5.69 Å². The van der Waals surface area contributed by atoms with Gasteiger partial charge in [-0.25, -0.2) is 8.42 Å². The van der Waals surface area contributed by atoms with Crippen LogP contribution in [-0.4, -0.2) is 40.5 Å². The van der Waals surface area contributed by atoms with Crippen LogP contribution in [0.2, 0.25) is 0 Å². The fourth-order valence-electron chi connectivity index (χ4n) is 2.48. The van der Waals surface area contributed by atoms with E-state index in [1.54, 1.807) is 24.3 Å². The first-order valence-corrected chi connectivity index (χ1v) is 9.96. The Morgan fingerprint density at radius 2 is 1.69 bits per heavy atom. The molecule has 0 unspecified atom stereocenters. The number of likely N-dealkylation sites (N-methyl/N-ethyl adjacent to an activating group) is 1. The molecule has 2 aromatic carbocycles. The second kappa shape index (κ2) is 8.82. The maximum Gasteiger partial charge on any atom is 0.264 e. The zero-order valence-corrected chi connectivity index (χ0v) is 16.1. The van der Waals surface area contributed by atoms with Crippen molar-refractivity contribution in [1.29, 1.82) is 0 Å². The van der Waals surface area contributed by atoms with Gasteiger partial charge in [0.2, 0.25) is 0 Å². The lowest BCUT2D eigenvalue weighted by Crippen LogP contribution is -2.38. The quantitative estimate of drug-likeness (QED) is 0.742. The van der Waals surface area contributed by atoms with Crippen LogP contribution < -0.4 is 14.9 Å². The van der Waals surface area contributed by atoms with E-state index in [1.165, 1.54) is 35.6 Å². The first kappa shape index (κ1) is 19.9. The standard InChI is InChI=1S/C19H25N3O3S/c1-4-20-15(2)14-21-19(23)16-10-12-18(13-11-16)26(24,25)22(3)17-8-6-5-7-9-17/h5-13,15,20H,4,14H2,1-3H3,(H,21,23)/t15-/m1/s1. The van der Waals surface area contributed by atoms with Gasteiger partial charge in [-0.2, -0.15) is 0 Å². The number of nitrogens with one attached hydrogen (secondary N) is 2. The van der Waals surface area contributed by atoms with Gasteiger partial charge in [0.15, 0.2) is 0 Å². The number of para-hydroxylation sites is 1. The van der Waals surface area contributed by atoms with Crippen molar-refractivity contribution in [2.45, 2.75) is 24.8 Å². The Balaban J connectivity index is 2.09. The summed E-state index contributed by atoms with van der Waals surface area (Å²) in [7, 11) is -2.17. The Morgan fingerprint density at radius 3 is 2.27 bits per heavy atom. The van der Waals surface area contributed by atoms with Crippen LogP contribution in [0, 0.1) is 0 Å². The van der Waals surface area contributed by atoms with Gasteiger partial charge in [-0.3, -0.25) is 9.10 Å². The molecule has 0 saturated carbocycles. The Labute approximate surface area is 155 Å². The van der Waals surface area contributed by atoms with E-state index in [1.807, 2.05) is 19.9 Å². The largest absolute Gasteiger partial charge is 0.350 e. The van der Waals surface area contributed by atoms with Gasteiger partial charge >= 0.3 is 0 Å². The molecule has 0 fully saturated rings. The molecule has 0 aliphatic carbocycles. The number of rotatable bonds is 8. The third-order valence-electron chi connectivity index (χ3n) is 4.02. The van der Waals surface area contributed by atoms with Gasteiger partial charge < -0.3 is 10.6 Å². The number of nitrogens with zero attached hydrogens (tertiary/aromatic N) is 1. The van der Waals surface area contributed by atoms with Crippen LogP contribution >= 0.6 is 0 Å². The molecule has 2 rings (SSSR count). The number of hydrogen-bond donors (Lipinski definition) is 2. The summed E-state index contributed by atoms with van der Waals surface area (Å²) in [4.78, 5) is 12.3. The molecule has 0 heterocycles. The van der Waals surface area contributed by atoms with Crippen LogP contribution in [0.25, 0.3) is 0 Å².